The minimum absolute atomic E-state index is 0.0187. The van der Waals surface area contributed by atoms with Crippen molar-refractivity contribution in [1.82, 2.24) is 14.9 Å². The molecule has 1 aliphatic heterocycles. The van der Waals surface area contributed by atoms with Gasteiger partial charge in [0.25, 0.3) is 0 Å². The van der Waals surface area contributed by atoms with E-state index in [0.29, 0.717) is 57.3 Å². The number of hydrogen-bond acceptors (Lipinski definition) is 6. The summed E-state index contributed by atoms with van der Waals surface area (Å²) in [5, 5.41) is 0. The number of aromatic nitrogens is 2. The zero-order chi connectivity index (χ0) is 17.9. The highest BCUT2D eigenvalue weighted by molar-refractivity contribution is 6.08. The fraction of sp³-hybridized carbons (Fsp3) is 0.667. The van der Waals surface area contributed by atoms with Crippen LogP contribution in [-0.2, 0) is 9.59 Å². The Morgan fingerprint density at radius 2 is 2.00 bits per heavy atom. The molecule has 3 rings (SSSR count). The Morgan fingerprint density at radius 3 is 2.68 bits per heavy atom. The summed E-state index contributed by atoms with van der Waals surface area (Å²) < 4.78 is 5.44. The lowest BCUT2D eigenvalue weighted by molar-refractivity contribution is -0.143. The predicted molar refractivity (Wildman–Crippen MR) is 93.6 cm³/mol. The molecule has 2 fully saturated rings. The summed E-state index contributed by atoms with van der Waals surface area (Å²) in [6.07, 6.45) is 4.38. The Kier molecular flexibility index (Phi) is 5.20. The van der Waals surface area contributed by atoms with Gasteiger partial charge in [-0.2, -0.15) is 4.98 Å². The van der Waals surface area contributed by atoms with Crippen molar-refractivity contribution in [2.24, 2.45) is 5.41 Å². The molecule has 1 aromatic heterocycles. The van der Waals surface area contributed by atoms with Crippen LogP contribution in [0.25, 0.3) is 0 Å². The van der Waals surface area contributed by atoms with Crippen LogP contribution < -0.4 is 9.64 Å². The standard InChI is InChI=1S/C18H26N4O3/c1-3-14(23)18(7-8-18)16(24)21-10-5-11-22(13-12-21)17-19-9-6-15(20-17)25-4-2/h6,9H,3-5,7-8,10-13H2,1-2H3. The zero-order valence-corrected chi connectivity index (χ0v) is 15.0. The average Bonchev–Trinajstić information content (AvgIpc) is 3.45. The molecule has 7 nitrogen and oxygen atoms in total. The second-order valence-corrected chi connectivity index (χ2v) is 6.62. The lowest BCUT2D eigenvalue weighted by Crippen LogP contribution is -2.42. The van der Waals surface area contributed by atoms with Gasteiger partial charge in [-0.25, -0.2) is 4.98 Å². The number of carbonyl (C=O) groups excluding carboxylic acids is 2. The van der Waals surface area contributed by atoms with Gasteiger partial charge < -0.3 is 14.5 Å². The fourth-order valence-corrected chi connectivity index (χ4v) is 3.41. The number of carbonyl (C=O) groups is 2. The highest BCUT2D eigenvalue weighted by atomic mass is 16.5. The van der Waals surface area contributed by atoms with Crippen LogP contribution in [-0.4, -0.2) is 59.3 Å². The molecule has 136 valence electrons. The minimum atomic E-state index is -0.713. The second kappa shape index (κ2) is 7.37. The van der Waals surface area contributed by atoms with Crippen molar-refractivity contribution in [3.63, 3.8) is 0 Å². The fourth-order valence-electron chi connectivity index (χ4n) is 3.41. The van der Waals surface area contributed by atoms with Crippen molar-refractivity contribution in [3.05, 3.63) is 12.3 Å². The van der Waals surface area contributed by atoms with E-state index in [2.05, 4.69) is 14.9 Å². The van der Waals surface area contributed by atoms with Crippen molar-refractivity contribution in [3.8, 4) is 5.88 Å². The van der Waals surface area contributed by atoms with E-state index in [1.807, 2.05) is 18.7 Å². The molecule has 25 heavy (non-hydrogen) atoms. The Labute approximate surface area is 148 Å². The predicted octanol–water partition coefficient (Wildman–Crippen LogP) is 1.67. The maximum atomic E-state index is 12.9. The van der Waals surface area contributed by atoms with E-state index in [4.69, 9.17) is 4.74 Å². The molecule has 0 spiro atoms. The third-order valence-corrected chi connectivity index (χ3v) is 4.99. The quantitative estimate of drug-likeness (QED) is 0.730. The number of amides is 1. The van der Waals surface area contributed by atoms with Gasteiger partial charge in [0.15, 0.2) is 0 Å². The Hall–Kier alpha value is -2.18. The lowest BCUT2D eigenvalue weighted by atomic mass is 9.97. The topological polar surface area (TPSA) is 75.6 Å². The molecule has 2 heterocycles. The van der Waals surface area contributed by atoms with Crippen LogP contribution in [0, 0.1) is 5.41 Å². The number of rotatable bonds is 6. The first-order chi connectivity index (χ1) is 12.1. The number of hydrogen-bond donors (Lipinski definition) is 0. The molecule has 7 heteroatoms. The zero-order valence-electron chi connectivity index (χ0n) is 15.0. The molecule has 0 aromatic carbocycles. The Balaban J connectivity index is 1.66. The van der Waals surface area contributed by atoms with Gasteiger partial charge in [-0.05, 0) is 26.2 Å². The first kappa shape index (κ1) is 17.6. The summed E-state index contributed by atoms with van der Waals surface area (Å²) in [6, 6.07) is 1.74. The maximum absolute atomic E-state index is 12.9. The molecule has 1 aromatic rings. The largest absolute Gasteiger partial charge is 0.478 e. The number of Topliss-reactive ketones (excluding diaryl/α,β-unsaturated/α-hetero) is 1. The molecular weight excluding hydrogens is 320 g/mol. The van der Waals surface area contributed by atoms with Crippen LogP contribution in [0.1, 0.15) is 39.5 Å². The second-order valence-electron chi connectivity index (χ2n) is 6.62. The van der Waals surface area contributed by atoms with E-state index in [1.165, 1.54) is 0 Å². The van der Waals surface area contributed by atoms with Gasteiger partial charge in [-0.3, -0.25) is 9.59 Å². The number of ketones is 1. The van der Waals surface area contributed by atoms with E-state index < -0.39 is 5.41 Å². The molecule has 0 bridgehead atoms. The van der Waals surface area contributed by atoms with Gasteiger partial charge in [-0.1, -0.05) is 6.92 Å². The van der Waals surface area contributed by atoms with Crippen LogP contribution in [0.5, 0.6) is 5.88 Å². The van der Waals surface area contributed by atoms with Gasteiger partial charge in [-0.15, -0.1) is 0 Å². The molecule has 0 unspecified atom stereocenters. The van der Waals surface area contributed by atoms with Gasteiger partial charge in [0, 0.05) is 44.9 Å². The third kappa shape index (κ3) is 3.60. The third-order valence-electron chi connectivity index (χ3n) is 4.99. The van der Waals surface area contributed by atoms with Crippen LogP contribution in [0.2, 0.25) is 0 Å². The van der Waals surface area contributed by atoms with Gasteiger partial charge in [0.2, 0.25) is 17.7 Å². The molecule has 1 amide bonds. The summed E-state index contributed by atoms with van der Waals surface area (Å²) in [4.78, 5) is 37.7. The van der Waals surface area contributed by atoms with E-state index in [1.54, 1.807) is 12.3 Å². The van der Waals surface area contributed by atoms with Crippen molar-refractivity contribution in [1.29, 1.82) is 0 Å². The molecule has 2 aliphatic rings. The molecule has 1 saturated carbocycles. The monoisotopic (exact) mass is 346 g/mol. The first-order valence-electron chi connectivity index (χ1n) is 9.14. The molecule has 1 aliphatic carbocycles. The summed E-state index contributed by atoms with van der Waals surface area (Å²) in [7, 11) is 0. The van der Waals surface area contributed by atoms with Gasteiger partial charge >= 0.3 is 0 Å². The van der Waals surface area contributed by atoms with Crippen molar-refractivity contribution < 1.29 is 14.3 Å². The molecule has 1 saturated heterocycles. The van der Waals surface area contributed by atoms with Crippen LogP contribution in [0.15, 0.2) is 12.3 Å². The maximum Gasteiger partial charge on any atom is 0.236 e. The van der Waals surface area contributed by atoms with Gasteiger partial charge in [0.05, 0.1) is 6.61 Å². The number of nitrogens with zero attached hydrogens (tertiary/aromatic N) is 4. The molecule has 0 radical (unpaired) electrons. The molecule has 0 N–H and O–H groups in total. The van der Waals surface area contributed by atoms with Crippen molar-refractivity contribution in [2.45, 2.75) is 39.5 Å². The lowest BCUT2D eigenvalue weighted by Gasteiger charge is -2.25. The summed E-state index contributed by atoms with van der Waals surface area (Å²) in [5.41, 5.74) is -0.713. The summed E-state index contributed by atoms with van der Waals surface area (Å²) >= 11 is 0. The van der Waals surface area contributed by atoms with E-state index in [9.17, 15) is 9.59 Å². The summed E-state index contributed by atoms with van der Waals surface area (Å²) in [5.74, 6) is 1.30. The normalized spacial score (nSPS) is 19.3. The number of ether oxygens (including phenoxy) is 1. The minimum Gasteiger partial charge on any atom is -0.478 e. The SMILES string of the molecule is CCOc1ccnc(N2CCCN(C(=O)C3(C(=O)CC)CC3)CC2)n1. The Morgan fingerprint density at radius 1 is 1.20 bits per heavy atom. The first-order valence-corrected chi connectivity index (χ1v) is 9.14. The van der Waals surface area contributed by atoms with Crippen molar-refractivity contribution >= 4 is 17.6 Å². The van der Waals surface area contributed by atoms with E-state index in [-0.39, 0.29) is 11.7 Å². The smallest absolute Gasteiger partial charge is 0.236 e. The van der Waals surface area contributed by atoms with Crippen LogP contribution in [0.4, 0.5) is 5.95 Å². The molecular formula is C18H26N4O3. The van der Waals surface area contributed by atoms with E-state index in [0.717, 1.165) is 13.0 Å². The van der Waals surface area contributed by atoms with Gasteiger partial charge in [0.1, 0.15) is 11.2 Å². The number of anilines is 1. The van der Waals surface area contributed by atoms with Crippen LogP contribution in [0.3, 0.4) is 0 Å². The average molecular weight is 346 g/mol. The van der Waals surface area contributed by atoms with E-state index >= 15 is 0 Å². The van der Waals surface area contributed by atoms with Crippen LogP contribution >= 0.6 is 0 Å². The highest BCUT2D eigenvalue weighted by Crippen LogP contribution is 2.48. The van der Waals surface area contributed by atoms with Crippen molar-refractivity contribution in [2.75, 3.05) is 37.7 Å². The summed E-state index contributed by atoms with van der Waals surface area (Å²) in [6.45, 7) is 7.04. The Bertz CT molecular complexity index is 645. The highest BCUT2D eigenvalue weighted by Gasteiger charge is 2.56. The molecule has 0 atom stereocenters.